The molecule has 6 rings (SSSR count). The quantitative estimate of drug-likeness (QED) is 0.504. The number of nitrogens with zero attached hydrogens (tertiary/aromatic N) is 5. The first-order valence-corrected chi connectivity index (χ1v) is 11.7. The number of piperidine rings is 1. The minimum Gasteiger partial charge on any atom is -0.388 e. The van der Waals surface area contributed by atoms with Gasteiger partial charge in [0.1, 0.15) is 0 Å². The first-order chi connectivity index (χ1) is 16.2. The fourth-order valence-electron chi connectivity index (χ4n) is 5.30. The molecule has 0 spiro atoms. The molecule has 0 aliphatic carbocycles. The molecule has 33 heavy (non-hydrogen) atoms. The third-order valence-corrected chi connectivity index (χ3v) is 7.27. The van der Waals surface area contributed by atoms with Gasteiger partial charge in [-0.3, -0.25) is 4.68 Å². The van der Waals surface area contributed by atoms with Crippen molar-refractivity contribution in [1.29, 1.82) is 0 Å². The van der Waals surface area contributed by atoms with E-state index in [9.17, 15) is 0 Å². The van der Waals surface area contributed by atoms with E-state index in [1.165, 1.54) is 6.42 Å². The molecule has 4 aromatic rings. The van der Waals surface area contributed by atoms with Crippen LogP contribution in [0.25, 0.3) is 33.3 Å². The molecular weight excluding hydrogens is 410 g/mol. The van der Waals surface area contributed by atoms with Gasteiger partial charge in [-0.15, -0.1) is 0 Å². The first kappa shape index (κ1) is 20.2. The van der Waals surface area contributed by atoms with Crippen molar-refractivity contribution >= 4 is 22.5 Å². The maximum absolute atomic E-state index is 5.15. The van der Waals surface area contributed by atoms with Crippen molar-refractivity contribution in [1.82, 2.24) is 25.1 Å². The fourth-order valence-corrected chi connectivity index (χ4v) is 5.30. The Morgan fingerprint density at radius 1 is 1.00 bits per heavy atom. The molecule has 2 aliphatic heterocycles. The van der Waals surface area contributed by atoms with E-state index in [4.69, 9.17) is 9.97 Å². The summed E-state index contributed by atoms with van der Waals surface area (Å²) in [7, 11) is 3.91. The third-order valence-electron chi connectivity index (χ3n) is 7.27. The number of nitrogens with one attached hydrogen (secondary N) is 2. The lowest BCUT2D eigenvalue weighted by atomic mass is 9.89. The minimum atomic E-state index is 0.688. The van der Waals surface area contributed by atoms with E-state index in [0.717, 1.165) is 77.0 Å². The summed E-state index contributed by atoms with van der Waals surface area (Å²) in [4.78, 5) is 12.4. The molecule has 2 aliphatic rings. The normalized spacial score (nSPS) is 20.2. The summed E-state index contributed by atoms with van der Waals surface area (Å²) in [5.41, 5.74) is 6.41. The second-order valence-electron chi connectivity index (χ2n) is 9.21. The highest BCUT2D eigenvalue weighted by atomic mass is 15.3. The van der Waals surface area contributed by atoms with E-state index in [-0.39, 0.29) is 0 Å². The summed E-state index contributed by atoms with van der Waals surface area (Å²) >= 11 is 0. The van der Waals surface area contributed by atoms with Crippen LogP contribution in [0.1, 0.15) is 6.42 Å². The van der Waals surface area contributed by atoms with Crippen molar-refractivity contribution in [2.24, 2.45) is 18.9 Å². The zero-order valence-electron chi connectivity index (χ0n) is 19.1. The van der Waals surface area contributed by atoms with Crippen LogP contribution < -0.4 is 15.5 Å². The van der Waals surface area contributed by atoms with Crippen LogP contribution in [0.5, 0.6) is 0 Å². The van der Waals surface area contributed by atoms with Crippen LogP contribution in [-0.4, -0.2) is 53.0 Å². The van der Waals surface area contributed by atoms with Gasteiger partial charge in [-0.25, -0.2) is 9.97 Å². The Balaban J connectivity index is 1.43. The molecule has 0 bridgehead atoms. The lowest BCUT2D eigenvalue weighted by Crippen LogP contribution is -2.40. The molecule has 0 amide bonds. The largest absolute Gasteiger partial charge is 0.388 e. The molecule has 2 saturated heterocycles. The molecule has 2 fully saturated rings. The van der Waals surface area contributed by atoms with E-state index in [1.807, 2.05) is 31.2 Å². The van der Waals surface area contributed by atoms with E-state index < -0.39 is 0 Å². The Morgan fingerprint density at radius 3 is 2.67 bits per heavy atom. The number of aryl methyl sites for hydroxylation is 1. The van der Waals surface area contributed by atoms with Gasteiger partial charge in [0.05, 0.1) is 17.4 Å². The van der Waals surface area contributed by atoms with E-state index in [1.54, 1.807) is 0 Å². The van der Waals surface area contributed by atoms with Gasteiger partial charge in [0.2, 0.25) is 5.95 Å². The van der Waals surface area contributed by atoms with E-state index in [0.29, 0.717) is 5.92 Å². The van der Waals surface area contributed by atoms with E-state index >= 15 is 0 Å². The second-order valence-corrected chi connectivity index (χ2v) is 9.21. The molecule has 2 aromatic carbocycles. The van der Waals surface area contributed by atoms with Crippen LogP contribution in [-0.2, 0) is 7.05 Å². The van der Waals surface area contributed by atoms with Gasteiger partial charge in [0.25, 0.3) is 0 Å². The SMILES string of the molecule is CNc1ccc(-c2nc(N3CCC4CNCC4C3)ncc2-c2ccc3c(cnn3C)c2)cc1. The highest BCUT2D eigenvalue weighted by Crippen LogP contribution is 2.35. The number of hydrogen-bond acceptors (Lipinski definition) is 6. The Labute approximate surface area is 193 Å². The summed E-state index contributed by atoms with van der Waals surface area (Å²) in [6.07, 6.45) is 5.11. The van der Waals surface area contributed by atoms with Crippen molar-refractivity contribution < 1.29 is 0 Å². The molecule has 7 heteroatoms. The van der Waals surface area contributed by atoms with Crippen molar-refractivity contribution in [2.75, 3.05) is 43.4 Å². The van der Waals surface area contributed by atoms with Gasteiger partial charge < -0.3 is 15.5 Å². The molecule has 7 nitrogen and oxygen atoms in total. The predicted octanol–water partition coefficient (Wildman–Crippen LogP) is 3.78. The van der Waals surface area contributed by atoms with Gasteiger partial charge in [-0.2, -0.15) is 5.10 Å². The monoisotopic (exact) mass is 439 g/mol. The first-order valence-electron chi connectivity index (χ1n) is 11.7. The Kier molecular flexibility index (Phi) is 4.99. The average molecular weight is 440 g/mol. The van der Waals surface area contributed by atoms with Crippen LogP contribution in [0.4, 0.5) is 11.6 Å². The summed E-state index contributed by atoms with van der Waals surface area (Å²) < 4.78 is 1.90. The number of rotatable bonds is 4. The second kappa shape index (κ2) is 8.15. The summed E-state index contributed by atoms with van der Waals surface area (Å²) in [6, 6.07) is 14.9. The van der Waals surface area contributed by atoms with Gasteiger partial charge >= 0.3 is 0 Å². The van der Waals surface area contributed by atoms with Crippen LogP contribution in [0, 0.1) is 11.8 Å². The predicted molar refractivity (Wildman–Crippen MR) is 133 cm³/mol. The molecule has 4 heterocycles. The maximum Gasteiger partial charge on any atom is 0.225 e. The van der Waals surface area contributed by atoms with Crippen molar-refractivity contribution in [2.45, 2.75) is 6.42 Å². The zero-order valence-corrected chi connectivity index (χ0v) is 19.1. The lowest BCUT2D eigenvalue weighted by molar-refractivity contribution is 0.346. The molecule has 2 unspecified atom stereocenters. The minimum absolute atomic E-state index is 0.688. The number of aromatic nitrogens is 4. The molecule has 0 radical (unpaired) electrons. The lowest BCUT2D eigenvalue weighted by Gasteiger charge is -2.34. The van der Waals surface area contributed by atoms with E-state index in [2.05, 4.69) is 63.1 Å². The van der Waals surface area contributed by atoms with Crippen LogP contribution in [0.3, 0.4) is 0 Å². The molecular formula is C26H29N7. The zero-order chi connectivity index (χ0) is 22.4. The van der Waals surface area contributed by atoms with Crippen molar-refractivity contribution in [3.8, 4) is 22.4 Å². The smallest absolute Gasteiger partial charge is 0.225 e. The maximum atomic E-state index is 5.15. The highest BCUT2D eigenvalue weighted by molar-refractivity contribution is 5.88. The van der Waals surface area contributed by atoms with Gasteiger partial charge in [0.15, 0.2) is 0 Å². The summed E-state index contributed by atoms with van der Waals surface area (Å²) in [6.45, 7) is 4.29. The topological polar surface area (TPSA) is 70.9 Å². The average Bonchev–Trinajstić information content (AvgIpc) is 3.49. The van der Waals surface area contributed by atoms with Gasteiger partial charge in [0, 0.05) is 55.6 Å². The van der Waals surface area contributed by atoms with Crippen LogP contribution in [0.15, 0.2) is 54.9 Å². The van der Waals surface area contributed by atoms with Crippen LogP contribution >= 0.6 is 0 Å². The standard InChI is InChI=1S/C26H29N7/c1-27-22-6-3-17(4-7-22)25-23(18-5-8-24-20(11-18)14-30-32(24)2)15-29-26(31-25)33-10-9-19-12-28-13-21(19)16-33/h3-8,11,14-15,19,21,27-28H,9-10,12-13,16H2,1-2H3. The van der Waals surface area contributed by atoms with Gasteiger partial charge in [-0.05, 0) is 61.2 Å². The van der Waals surface area contributed by atoms with Gasteiger partial charge in [-0.1, -0.05) is 18.2 Å². The highest BCUT2D eigenvalue weighted by Gasteiger charge is 2.33. The molecule has 0 saturated carbocycles. The van der Waals surface area contributed by atoms with Crippen LogP contribution in [0.2, 0.25) is 0 Å². The Morgan fingerprint density at radius 2 is 1.82 bits per heavy atom. The number of hydrogen-bond donors (Lipinski definition) is 2. The third kappa shape index (κ3) is 3.62. The molecule has 2 aromatic heterocycles. The summed E-state index contributed by atoms with van der Waals surface area (Å²) in [5.74, 6) is 2.31. The molecule has 2 N–H and O–H groups in total. The number of anilines is 2. The Bertz CT molecular complexity index is 1290. The fraction of sp³-hybridized carbons (Fsp3) is 0.346. The molecule has 2 atom stereocenters. The van der Waals surface area contributed by atoms with Crippen molar-refractivity contribution in [3.63, 3.8) is 0 Å². The number of benzene rings is 2. The summed E-state index contributed by atoms with van der Waals surface area (Å²) in [5, 5.41) is 12.3. The number of fused-ring (bicyclic) bond motifs is 2. The Hall–Kier alpha value is -3.45. The van der Waals surface area contributed by atoms with Crippen molar-refractivity contribution in [3.05, 3.63) is 54.9 Å². The molecule has 168 valence electrons.